The Labute approximate surface area is 80.7 Å². The number of thioether (sulfide) groups is 1. The van der Waals surface area contributed by atoms with E-state index < -0.39 is 0 Å². The highest BCUT2D eigenvalue weighted by Gasteiger charge is 2.27. The topological polar surface area (TPSA) is 54.5 Å². The van der Waals surface area contributed by atoms with Crippen LogP contribution in [-0.2, 0) is 9.59 Å². The molecule has 1 aliphatic rings. The first-order valence-corrected chi connectivity index (χ1v) is 5.12. The summed E-state index contributed by atoms with van der Waals surface area (Å²) in [6.45, 7) is 1.66. The third kappa shape index (κ3) is 2.55. The van der Waals surface area contributed by atoms with Crippen molar-refractivity contribution in [2.75, 3.05) is 12.3 Å². The van der Waals surface area contributed by atoms with Crippen LogP contribution in [0, 0.1) is 0 Å². The summed E-state index contributed by atoms with van der Waals surface area (Å²) >= 11 is 1.10. The molecule has 1 heterocycles. The lowest BCUT2D eigenvalue weighted by atomic mass is 10.3. The van der Waals surface area contributed by atoms with Gasteiger partial charge in [-0.05, 0) is 0 Å². The van der Waals surface area contributed by atoms with E-state index in [4.69, 9.17) is 0 Å². The third-order valence-corrected chi connectivity index (χ3v) is 2.67. The van der Waals surface area contributed by atoms with E-state index >= 15 is 0 Å². The summed E-state index contributed by atoms with van der Waals surface area (Å²) < 4.78 is 0. The van der Waals surface area contributed by atoms with Gasteiger partial charge >= 0.3 is 0 Å². The van der Waals surface area contributed by atoms with Crippen LogP contribution in [0.4, 0.5) is 4.79 Å². The van der Waals surface area contributed by atoms with Crippen LogP contribution < -0.4 is 0 Å². The molecule has 1 aliphatic heterocycles. The first-order valence-electron chi connectivity index (χ1n) is 4.14. The molecule has 0 N–H and O–H groups in total. The van der Waals surface area contributed by atoms with Crippen molar-refractivity contribution in [3.8, 4) is 0 Å². The van der Waals surface area contributed by atoms with Crippen molar-refractivity contribution in [3.63, 3.8) is 0 Å². The SMILES string of the molecule is CCC(=O)CN1C(=O)CCSC1=O. The molecule has 13 heavy (non-hydrogen) atoms. The van der Waals surface area contributed by atoms with Gasteiger partial charge < -0.3 is 0 Å². The van der Waals surface area contributed by atoms with Crippen LogP contribution in [0.2, 0.25) is 0 Å². The highest BCUT2D eigenvalue weighted by molar-refractivity contribution is 8.13. The Bertz CT molecular complexity index is 236. The monoisotopic (exact) mass is 201 g/mol. The number of nitrogens with zero attached hydrogens (tertiary/aromatic N) is 1. The molecule has 0 unspecified atom stereocenters. The Morgan fingerprint density at radius 1 is 1.54 bits per heavy atom. The van der Waals surface area contributed by atoms with Crippen LogP contribution in [0.1, 0.15) is 19.8 Å². The third-order valence-electron chi connectivity index (χ3n) is 1.79. The highest BCUT2D eigenvalue weighted by Crippen LogP contribution is 2.17. The van der Waals surface area contributed by atoms with Gasteiger partial charge in [-0.1, -0.05) is 18.7 Å². The lowest BCUT2D eigenvalue weighted by Gasteiger charge is -2.22. The number of imide groups is 1. The molecule has 4 nitrogen and oxygen atoms in total. The molecule has 2 amide bonds. The Kier molecular flexibility index (Phi) is 3.48. The molecule has 1 rings (SSSR count). The minimum Gasteiger partial charge on any atom is -0.298 e. The molecule has 1 saturated heterocycles. The van der Waals surface area contributed by atoms with E-state index in [2.05, 4.69) is 0 Å². The normalized spacial score (nSPS) is 17.8. The van der Waals surface area contributed by atoms with Crippen LogP contribution >= 0.6 is 11.8 Å². The van der Waals surface area contributed by atoms with Crippen molar-refractivity contribution in [1.82, 2.24) is 4.90 Å². The van der Waals surface area contributed by atoms with Gasteiger partial charge in [-0.3, -0.25) is 19.3 Å². The summed E-state index contributed by atoms with van der Waals surface area (Å²) in [6, 6.07) is 0. The fourth-order valence-corrected chi connectivity index (χ4v) is 1.75. The maximum atomic E-state index is 11.2. The van der Waals surface area contributed by atoms with Gasteiger partial charge in [0.25, 0.3) is 5.24 Å². The number of ketones is 1. The standard InChI is InChI=1S/C8H11NO3S/c1-2-6(10)5-9-7(11)3-4-13-8(9)12/h2-5H2,1H3. The smallest absolute Gasteiger partial charge is 0.288 e. The Hall–Kier alpha value is -0.840. The summed E-state index contributed by atoms with van der Waals surface area (Å²) in [7, 11) is 0. The largest absolute Gasteiger partial charge is 0.298 e. The van der Waals surface area contributed by atoms with Crippen molar-refractivity contribution in [3.05, 3.63) is 0 Å². The molecule has 0 aliphatic carbocycles. The predicted molar refractivity (Wildman–Crippen MR) is 49.5 cm³/mol. The van der Waals surface area contributed by atoms with Gasteiger partial charge in [-0.15, -0.1) is 0 Å². The van der Waals surface area contributed by atoms with Crippen molar-refractivity contribution in [2.24, 2.45) is 0 Å². The predicted octanol–water partition coefficient (Wildman–Crippen LogP) is 1.05. The van der Waals surface area contributed by atoms with Gasteiger partial charge in [-0.2, -0.15) is 0 Å². The molecule has 0 bridgehead atoms. The summed E-state index contributed by atoms with van der Waals surface area (Å²) in [4.78, 5) is 34.4. The average Bonchev–Trinajstić information content (AvgIpc) is 2.11. The van der Waals surface area contributed by atoms with E-state index in [9.17, 15) is 14.4 Å². The number of carbonyl (C=O) groups excluding carboxylic acids is 3. The van der Waals surface area contributed by atoms with E-state index in [0.717, 1.165) is 16.7 Å². The zero-order chi connectivity index (χ0) is 9.84. The minimum absolute atomic E-state index is 0.0544. The zero-order valence-electron chi connectivity index (χ0n) is 7.41. The van der Waals surface area contributed by atoms with Crippen LogP contribution in [0.3, 0.4) is 0 Å². The van der Waals surface area contributed by atoms with Crippen LogP contribution in [0.5, 0.6) is 0 Å². The van der Waals surface area contributed by atoms with Gasteiger partial charge in [0.2, 0.25) is 5.91 Å². The van der Waals surface area contributed by atoms with E-state index in [1.54, 1.807) is 6.92 Å². The number of rotatable bonds is 3. The van der Waals surface area contributed by atoms with E-state index in [-0.39, 0.29) is 23.5 Å². The minimum atomic E-state index is -0.293. The van der Waals surface area contributed by atoms with E-state index in [1.807, 2.05) is 0 Å². The lowest BCUT2D eigenvalue weighted by Crippen LogP contribution is -2.41. The van der Waals surface area contributed by atoms with E-state index in [1.165, 1.54) is 0 Å². The van der Waals surface area contributed by atoms with Gasteiger partial charge in [-0.25, -0.2) is 0 Å². The van der Waals surface area contributed by atoms with Gasteiger partial charge in [0.15, 0.2) is 5.78 Å². The van der Waals surface area contributed by atoms with Crippen LogP contribution in [0.25, 0.3) is 0 Å². The number of Topliss-reactive ketones (excluding diaryl/α,β-unsaturated/α-hetero) is 1. The van der Waals surface area contributed by atoms with Crippen molar-refractivity contribution in [2.45, 2.75) is 19.8 Å². The molecule has 0 radical (unpaired) electrons. The number of amides is 2. The fraction of sp³-hybridized carbons (Fsp3) is 0.625. The van der Waals surface area contributed by atoms with Crippen molar-refractivity contribution < 1.29 is 14.4 Å². The first kappa shape index (κ1) is 10.2. The van der Waals surface area contributed by atoms with Gasteiger partial charge in [0.05, 0.1) is 6.54 Å². The molecular formula is C8H11NO3S. The molecule has 0 aromatic heterocycles. The van der Waals surface area contributed by atoms with Gasteiger partial charge in [0, 0.05) is 18.6 Å². The second-order valence-electron chi connectivity index (χ2n) is 2.74. The van der Waals surface area contributed by atoms with Crippen LogP contribution in [0.15, 0.2) is 0 Å². The number of hydrogen-bond donors (Lipinski definition) is 0. The molecule has 5 heteroatoms. The Morgan fingerprint density at radius 3 is 2.77 bits per heavy atom. The Balaban J connectivity index is 2.59. The maximum absolute atomic E-state index is 11.2. The zero-order valence-corrected chi connectivity index (χ0v) is 8.23. The molecule has 0 atom stereocenters. The second kappa shape index (κ2) is 4.41. The summed E-state index contributed by atoms with van der Waals surface area (Å²) in [5.41, 5.74) is 0. The first-order chi connectivity index (χ1) is 6.15. The lowest BCUT2D eigenvalue weighted by molar-refractivity contribution is -0.131. The highest BCUT2D eigenvalue weighted by atomic mass is 32.2. The molecule has 0 spiro atoms. The van der Waals surface area contributed by atoms with E-state index in [0.29, 0.717) is 18.6 Å². The van der Waals surface area contributed by atoms with Crippen LogP contribution in [-0.4, -0.2) is 34.1 Å². The fourth-order valence-electron chi connectivity index (χ4n) is 0.981. The molecular weight excluding hydrogens is 190 g/mol. The summed E-state index contributed by atoms with van der Waals surface area (Å²) in [6.07, 6.45) is 0.717. The number of carbonyl (C=O) groups is 3. The Morgan fingerprint density at radius 2 is 2.23 bits per heavy atom. The van der Waals surface area contributed by atoms with Crippen molar-refractivity contribution in [1.29, 1.82) is 0 Å². The van der Waals surface area contributed by atoms with Crippen molar-refractivity contribution >= 4 is 28.7 Å². The average molecular weight is 201 g/mol. The quantitative estimate of drug-likeness (QED) is 0.685. The summed E-state index contributed by atoms with van der Waals surface area (Å²) in [5.74, 6) is 0.226. The maximum Gasteiger partial charge on any atom is 0.288 e. The molecule has 0 saturated carbocycles. The summed E-state index contributed by atoms with van der Waals surface area (Å²) in [5, 5.41) is -0.293. The molecule has 1 fully saturated rings. The molecule has 72 valence electrons. The molecule has 0 aromatic rings. The van der Waals surface area contributed by atoms with Gasteiger partial charge in [0.1, 0.15) is 0 Å². The second-order valence-corrected chi connectivity index (χ2v) is 3.78. The number of hydrogen-bond acceptors (Lipinski definition) is 4. The molecule has 0 aromatic carbocycles.